The summed E-state index contributed by atoms with van der Waals surface area (Å²) in [6, 6.07) is 1.66. The molecule has 0 amide bonds. The molecule has 4 nitrogen and oxygen atoms in total. The van der Waals surface area contributed by atoms with Gasteiger partial charge in [0.25, 0.3) is 0 Å². The van der Waals surface area contributed by atoms with Crippen LogP contribution in [0.3, 0.4) is 0 Å². The van der Waals surface area contributed by atoms with Gasteiger partial charge in [-0.25, -0.2) is 13.1 Å². The largest absolute Gasteiger partial charge is 0.326 e. The highest BCUT2D eigenvalue weighted by Crippen LogP contribution is 2.62. The van der Waals surface area contributed by atoms with Gasteiger partial charge in [-0.1, -0.05) is 20.8 Å². The molecular formula is C15H24N2O2S2. The Morgan fingerprint density at radius 1 is 1.43 bits per heavy atom. The molecule has 6 heteroatoms. The van der Waals surface area contributed by atoms with E-state index in [1.165, 1.54) is 17.8 Å². The maximum absolute atomic E-state index is 12.8. The van der Waals surface area contributed by atoms with Crippen molar-refractivity contribution in [3.63, 3.8) is 0 Å². The van der Waals surface area contributed by atoms with E-state index in [1.807, 2.05) is 0 Å². The summed E-state index contributed by atoms with van der Waals surface area (Å²) in [6.07, 6.45) is 3.45. The first-order valence-corrected chi connectivity index (χ1v) is 9.86. The van der Waals surface area contributed by atoms with Crippen LogP contribution in [0, 0.1) is 16.7 Å². The number of fused-ring (bicyclic) bond motifs is 2. The highest BCUT2D eigenvalue weighted by molar-refractivity contribution is 7.89. The lowest BCUT2D eigenvalue weighted by molar-refractivity contribution is 0.127. The molecule has 0 saturated heterocycles. The van der Waals surface area contributed by atoms with Gasteiger partial charge in [0.05, 0.1) is 4.90 Å². The Balaban J connectivity index is 1.93. The second kappa shape index (κ2) is 4.78. The second-order valence-corrected chi connectivity index (χ2v) is 10.1. The Kier molecular flexibility index (Phi) is 3.52. The average Bonchev–Trinajstić information content (AvgIpc) is 3.05. The van der Waals surface area contributed by atoms with Gasteiger partial charge >= 0.3 is 0 Å². The van der Waals surface area contributed by atoms with Gasteiger partial charge in [0.2, 0.25) is 10.0 Å². The van der Waals surface area contributed by atoms with Gasteiger partial charge in [0.15, 0.2) is 0 Å². The fourth-order valence-corrected chi connectivity index (χ4v) is 7.40. The molecule has 2 fully saturated rings. The Morgan fingerprint density at radius 3 is 2.71 bits per heavy atom. The minimum absolute atomic E-state index is 0.000672. The van der Waals surface area contributed by atoms with Crippen molar-refractivity contribution in [3.05, 3.63) is 16.3 Å². The summed E-state index contributed by atoms with van der Waals surface area (Å²) in [7, 11) is -3.49. The minimum Gasteiger partial charge on any atom is -0.326 e. The molecule has 0 radical (unpaired) electrons. The Bertz CT molecular complexity index is 646. The SMILES string of the molecule is CC12CCC(C1)C(C)(C)C2NS(=O)(=O)c1ccsc1CN. The third-order valence-electron chi connectivity index (χ3n) is 5.72. The molecule has 1 aromatic heterocycles. The third-order valence-corrected chi connectivity index (χ3v) is 8.30. The van der Waals surface area contributed by atoms with Crippen LogP contribution < -0.4 is 10.5 Å². The topological polar surface area (TPSA) is 72.2 Å². The summed E-state index contributed by atoms with van der Waals surface area (Å²) in [5, 5.41) is 1.80. The number of nitrogens with two attached hydrogens (primary N) is 1. The zero-order chi connectivity index (χ0) is 15.5. The van der Waals surface area contributed by atoms with E-state index in [0.29, 0.717) is 10.8 Å². The van der Waals surface area contributed by atoms with E-state index in [-0.39, 0.29) is 23.4 Å². The van der Waals surface area contributed by atoms with Crippen molar-refractivity contribution in [1.29, 1.82) is 0 Å². The molecule has 3 N–H and O–H groups in total. The monoisotopic (exact) mass is 328 g/mol. The van der Waals surface area contributed by atoms with Crippen molar-refractivity contribution in [3.8, 4) is 0 Å². The minimum atomic E-state index is -3.49. The van der Waals surface area contributed by atoms with Gasteiger partial charge in [0.1, 0.15) is 0 Å². The van der Waals surface area contributed by atoms with E-state index in [9.17, 15) is 8.42 Å². The van der Waals surface area contributed by atoms with Gasteiger partial charge in [-0.15, -0.1) is 11.3 Å². The standard InChI is InChI=1S/C15H24N2O2S2/c1-14(2)10-4-6-15(3,8-10)13(14)17-21(18,19)12-5-7-20-11(12)9-16/h5,7,10,13,17H,4,6,8-9,16H2,1-3H3. The first kappa shape index (κ1) is 15.5. The van der Waals surface area contributed by atoms with Crippen LogP contribution in [0.4, 0.5) is 0 Å². The number of hydrogen-bond acceptors (Lipinski definition) is 4. The van der Waals surface area contributed by atoms with Gasteiger partial charge in [-0.05, 0) is 47.5 Å². The van der Waals surface area contributed by atoms with Crippen LogP contribution in [0.15, 0.2) is 16.3 Å². The van der Waals surface area contributed by atoms with Crippen LogP contribution in [0.1, 0.15) is 44.9 Å². The molecule has 1 aromatic rings. The maximum atomic E-state index is 12.8. The Hall–Kier alpha value is -0.430. The highest BCUT2D eigenvalue weighted by atomic mass is 32.2. The fourth-order valence-electron chi connectivity index (χ4n) is 4.53. The van der Waals surface area contributed by atoms with Crippen LogP contribution >= 0.6 is 11.3 Å². The molecule has 3 rings (SSSR count). The van der Waals surface area contributed by atoms with Crippen molar-refractivity contribution in [1.82, 2.24) is 4.72 Å². The number of sulfonamides is 1. The Labute approximate surface area is 131 Å². The van der Waals surface area contributed by atoms with Crippen molar-refractivity contribution in [2.24, 2.45) is 22.5 Å². The molecule has 2 saturated carbocycles. The summed E-state index contributed by atoms with van der Waals surface area (Å²) in [5.41, 5.74) is 5.75. The molecule has 118 valence electrons. The molecule has 2 aliphatic rings. The number of thiophene rings is 1. The summed E-state index contributed by atoms with van der Waals surface area (Å²) in [4.78, 5) is 1.09. The van der Waals surface area contributed by atoms with Crippen molar-refractivity contribution in [2.45, 2.75) is 57.5 Å². The smallest absolute Gasteiger partial charge is 0.242 e. The van der Waals surface area contributed by atoms with Crippen LogP contribution in [0.25, 0.3) is 0 Å². The lowest BCUT2D eigenvalue weighted by Gasteiger charge is -2.42. The lowest BCUT2D eigenvalue weighted by atomic mass is 9.69. The molecule has 3 unspecified atom stereocenters. The molecule has 3 atom stereocenters. The summed E-state index contributed by atoms with van der Waals surface area (Å²) < 4.78 is 28.6. The molecule has 21 heavy (non-hydrogen) atoms. The highest BCUT2D eigenvalue weighted by Gasteiger charge is 2.60. The van der Waals surface area contributed by atoms with Crippen LogP contribution in [-0.4, -0.2) is 14.5 Å². The number of hydrogen-bond donors (Lipinski definition) is 2. The van der Waals surface area contributed by atoms with E-state index in [1.54, 1.807) is 11.4 Å². The zero-order valence-corrected chi connectivity index (χ0v) is 14.5. The van der Waals surface area contributed by atoms with E-state index in [0.717, 1.165) is 17.7 Å². The summed E-state index contributed by atoms with van der Waals surface area (Å²) in [6.45, 7) is 6.90. The predicted octanol–water partition coefficient (Wildman–Crippen LogP) is 2.70. The third kappa shape index (κ3) is 2.27. The molecule has 2 bridgehead atoms. The van der Waals surface area contributed by atoms with Crippen molar-refractivity contribution < 1.29 is 8.42 Å². The molecular weight excluding hydrogens is 304 g/mol. The zero-order valence-electron chi connectivity index (χ0n) is 12.8. The van der Waals surface area contributed by atoms with E-state index in [2.05, 4.69) is 25.5 Å². The Morgan fingerprint density at radius 2 is 2.14 bits per heavy atom. The average molecular weight is 329 g/mol. The lowest BCUT2D eigenvalue weighted by Crippen LogP contribution is -2.52. The van der Waals surface area contributed by atoms with E-state index >= 15 is 0 Å². The molecule has 0 aromatic carbocycles. The summed E-state index contributed by atoms with van der Waals surface area (Å²) >= 11 is 1.40. The second-order valence-electron chi connectivity index (χ2n) is 7.38. The van der Waals surface area contributed by atoms with Crippen molar-refractivity contribution in [2.75, 3.05) is 0 Å². The van der Waals surface area contributed by atoms with Gasteiger partial charge in [-0.2, -0.15) is 0 Å². The normalized spacial score (nSPS) is 34.5. The predicted molar refractivity (Wildman–Crippen MR) is 85.5 cm³/mol. The molecule has 2 aliphatic carbocycles. The van der Waals surface area contributed by atoms with Gasteiger partial charge in [0, 0.05) is 17.5 Å². The van der Waals surface area contributed by atoms with E-state index in [4.69, 9.17) is 5.73 Å². The molecule has 1 heterocycles. The van der Waals surface area contributed by atoms with Crippen LogP contribution in [0.2, 0.25) is 0 Å². The van der Waals surface area contributed by atoms with Gasteiger partial charge in [-0.3, -0.25) is 0 Å². The fraction of sp³-hybridized carbons (Fsp3) is 0.733. The number of nitrogens with one attached hydrogen (secondary N) is 1. The number of rotatable bonds is 4. The van der Waals surface area contributed by atoms with Crippen LogP contribution in [-0.2, 0) is 16.6 Å². The quantitative estimate of drug-likeness (QED) is 0.892. The van der Waals surface area contributed by atoms with Crippen molar-refractivity contribution >= 4 is 21.4 Å². The summed E-state index contributed by atoms with van der Waals surface area (Å²) in [5.74, 6) is 0.617. The maximum Gasteiger partial charge on any atom is 0.242 e. The van der Waals surface area contributed by atoms with E-state index < -0.39 is 10.0 Å². The van der Waals surface area contributed by atoms with Crippen LogP contribution in [0.5, 0.6) is 0 Å². The molecule has 0 aliphatic heterocycles. The first-order chi connectivity index (χ1) is 9.71. The van der Waals surface area contributed by atoms with Gasteiger partial charge < -0.3 is 5.73 Å². The first-order valence-electron chi connectivity index (χ1n) is 7.49. The molecule has 0 spiro atoms.